The number of hydrogen-bond donors (Lipinski definition) is 1. The van der Waals surface area contributed by atoms with E-state index in [9.17, 15) is 4.79 Å². The number of amides is 1. The Morgan fingerprint density at radius 3 is 2.82 bits per heavy atom. The summed E-state index contributed by atoms with van der Waals surface area (Å²) in [5.74, 6) is 0.666. The largest absolute Gasteiger partial charge is 0.350 e. The third-order valence-corrected chi connectivity index (χ3v) is 3.02. The van der Waals surface area contributed by atoms with Crippen molar-refractivity contribution in [3.05, 3.63) is 34.9 Å². The fourth-order valence-corrected chi connectivity index (χ4v) is 1.94. The minimum absolute atomic E-state index is 0.0165. The third-order valence-electron chi connectivity index (χ3n) is 2.51. The molecule has 0 saturated heterocycles. The number of carbonyl (C=O) groups is 1. The molecule has 1 aromatic carbocycles. The Morgan fingerprint density at radius 2 is 2.18 bits per heavy atom. The topological polar surface area (TPSA) is 29.1 Å². The van der Waals surface area contributed by atoms with Gasteiger partial charge in [-0.05, 0) is 37.5 Å². The molecule has 4 heteroatoms. The highest BCUT2D eigenvalue weighted by Crippen LogP contribution is 2.17. The quantitative estimate of drug-likeness (QED) is 0.618. The van der Waals surface area contributed by atoms with Gasteiger partial charge in [0, 0.05) is 17.3 Å². The van der Waals surface area contributed by atoms with Crippen molar-refractivity contribution in [1.29, 1.82) is 0 Å². The molecule has 1 aromatic rings. The van der Waals surface area contributed by atoms with Crippen LogP contribution in [-0.4, -0.2) is 11.8 Å². The maximum Gasteiger partial charge on any atom is 0.220 e. The lowest BCUT2D eigenvalue weighted by atomic mass is 10.1. The van der Waals surface area contributed by atoms with Crippen molar-refractivity contribution in [1.82, 2.24) is 5.32 Å². The number of hydrogen-bond acceptors (Lipinski definition) is 1. The Kier molecular flexibility index (Phi) is 6.38. The molecular weight excluding hydrogens is 257 g/mol. The predicted molar refractivity (Wildman–Crippen MR) is 72.6 cm³/mol. The van der Waals surface area contributed by atoms with Crippen LogP contribution in [0, 0.1) is 0 Å². The van der Waals surface area contributed by atoms with E-state index in [0.29, 0.717) is 17.3 Å². The molecule has 1 atom stereocenters. The first kappa shape index (κ1) is 14.3. The van der Waals surface area contributed by atoms with Crippen LogP contribution < -0.4 is 5.32 Å². The van der Waals surface area contributed by atoms with Gasteiger partial charge in [0.2, 0.25) is 5.91 Å². The van der Waals surface area contributed by atoms with Crippen LogP contribution >= 0.6 is 23.2 Å². The van der Waals surface area contributed by atoms with E-state index in [4.69, 9.17) is 23.2 Å². The van der Waals surface area contributed by atoms with Crippen molar-refractivity contribution in [2.24, 2.45) is 0 Å². The van der Waals surface area contributed by atoms with Crippen LogP contribution in [0.15, 0.2) is 24.3 Å². The second-order valence-corrected chi connectivity index (χ2v) is 4.80. The van der Waals surface area contributed by atoms with Crippen molar-refractivity contribution in [2.45, 2.75) is 32.2 Å². The molecule has 0 aliphatic rings. The molecule has 1 amide bonds. The highest BCUT2D eigenvalue weighted by molar-refractivity contribution is 6.30. The summed E-state index contributed by atoms with van der Waals surface area (Å²) in [6, 6.07) is 7.51. The summed E-state index contributed by atoms with van der Waals surface area (Å²) < 4.78 is 0. The van der Waals surface area contributed by atoms with Gasteiger partial charge in [-0.3, -0.25) is 4.79 Å². The average Bonchev–Trinajstić information content (AvgIpc) is 2.29. The van der Waals surface area contributed by atoms with Crippen LogP contribution in [0.5, 0.6) is 0 Å². The Labute approximate surface area is 112 Å². The zero-order valence-corrected chi connectivity index (χ0v) is 11.4. The lowest BCUT2D eigenvalue weighted by molar-refractivity contribution is -0.121. The number of halogens is 2. The first-order valence-corrected chi connectivity index (χ1v) is 6.65. The Bertz CT molecular complexity index is 368. The van der Waals surface area contributed by atoms with Crippen molar-refractivity contribution >= 4 is 29.1 Å². The van der Waals surface area contributed by atoms with Gasteiger partial charge in [0.25, 0.3) is 0 Å². The second kappa shape index (κ2) is 7.57. The fourth-order valence-electron chi connectivity index (χ4n) is 1.55. The summed E-state index contributed by atoms with van der Waals surface area (Å²) in [6.45, 7) is 1.95. The molecule has 0 aliphatic carbocycles. The first-order valence-electron chi connectivity index (χ1n) is 5.74. The van der Waals surface area contributed by atoms with Gasteiger partial charge in [-0.2, -0.15) is 0 Å². The highest BCUT2D eigenvalue weighted by Gasteiger charge is 2.09. The summed E-state index contributed by atoms with van der Waals surface area (Å²) in [5.41, 5.74) is 1.02. The summed E-state index contributed by atoms with van der Waals surface area (Å²) in [4.78, 5) is 11.6. The molecule has 0 unspecified atom stereocenters. The Hall–Kier alpha value is -0.730. The molecule has 2 nitrogen and oxygen atoms in total. The van der Waals surface area contributed by atoms with E-state index in [1.165, 1.54) is 0 Å². The Morgan fingerprint density at radius 1 is 1.41 bits per heavy atom. The third kappa shape index (κ3) is 5.42. The van der Waals surface area contributed by atoms with Crippen molar-refractivity contribution in [3.63, 3.8) is 0 Å². The number of alkyl halides is 1. The van der Waals surface area contributed by atoms with Crippen molar-refractivity contribution in [3.8, 4) is 0 Å². The van der Waals surface area contributed by atoms with E-state index >= 15 is 0 Å². The van der Waals surface area contributed by atoms with E-state index in [0.717, 1.165) is 18.4 Å². The van der Waals surface area contributed by atoms with E-state index in [2.05, 4.69) is 5.32 Å². The lowest BCUT2D eigenvalue weighted by Gasteiger charge is -2.14. The van der Waals surface area contributed by atoms with Gasteiger partial charge in [0.1, 0.15) is 0 Å². The molecule has 0 fully saturated rings. The molecule has 94 valence electrons. The number of carbonyl (C=O) groups excluding carboxylic acids is 1. The number of nitrogens with one attached hydrogen (secondary N) is 1. The summed E-state index contributed by atoms with van der Waals surface area (Å²) in [7, 11) is 0. The molecule has 0 aromatic heterocycles. The molecule has 1 rings (SSSR count). The van der Waals surface area contributed by atoms with Gasteiger partial charge >= 0.3 is 0 Å². The smallest absolute Gasteiger partial charge is 0.220 e. The molecular formula is C13H17Cl2NO. The summed E-state index contributed by atoms with van der Waals surface area (Å²) in [5, 5.41) is 3.63. The van der Waals surface area contributed by atoms with Gasteiger partial charge in [0.15, 0.2) is 0 Å². The molecule has 0 bridgehead atoms. The van der Waals surface area contributed by atoms with E-state index in [1.54, 1.807) is 0 Å². The van der Waals surface area contributed by atoms with Gasteiger partial charge in [-0.25, -0.2) is 0 Å². The lowest BCUT2D eigenvalue weighted by Crippen LogP contribution is -2.26. The normalized spacial score (nSPS) is 12.2. The van der Waals surface area contributed by atoms with Crippen molar-refractivity contribution in [2.75, 3.05) is 5.88 Å². The first-order chi connectivity index (χ1) is 8.13. The monoisotopic (exact) mass is 273 g/mol. The number of rotatable bonds is 6. The standard InChI is InChI=1S/C13H17Cl2NO/c1-10(11-5-4-6-12(15)9-11)16-13(17)7-2-3-8-14/h4-6,9-10H,2-3,7-8H2,1H3,(H,16,17)/t10-/m0/s1. The zero-order valence-electron chi connectivity index (χ0n) is 9.88. The fraction of sp³-hybridized carbons (Fsp3) is 0.462. The van der Waals surface area contributed by atoms with Gasteiger partial charge in [-0.1, -0.05) is 23.7 Å². The van der Waals surface area contributed by atoms with E-state index in [1.807, 2.05) is 31.2 Å². The molecule has 0 radical (unpaired) electrons. The SMILES string of the molecule is C[C@H](NC(=O)CCCCCl)c1cccc(Cl)c1. The van der Waals surface area contributed by atoms with E-state index < -0.39 is 0 Å². The molecule has 17 heavy (non-hydrogen) atoms. The van der Waals surface area contributed by atoms with E-state index in [-0.39, 0.29) is 11.9 Å². The molecule has 0 saturated carbocycles. The van der Waals surface area contributed by atoms with Crippen molar-refractivity contribution < 1.29 is 4.79 Å². The molecule has 0 aliphatic heterocycles. The van der Waals surface area contributed by atoms with Crippen LogP contribution in [-0.2, 0) is 4.79 Å². The van der Waals surface area contributed by atoms with Gasteiger partial charge < -0.3 is 5.32 Å². The van der Waals surface area contributed by atoms with Crippen LogP contribution in [0.25, 0.3) is 0 Å². The minimum Gasteiger partial charge on any atom is -0.350 e. The maximum absolute atomic E-state index is 11.6. The maximum atomic E-state index is 11.6. The van der Waals surface area contributed by atoms with Crippen LogP contribution in [0.4, 0.5) is 0 Å². The number of benzene rings is 1. The van der Waals surface area contributed by atoms with Crippen LogP contribution in [0.2, 0.25) is 5.02 Å². The average molecular weight is 274 g/mol. The predicted octanol–water partition coefficient (Wildman–Crippen LogP) is 3.93. The minimum atomic E-state index is -0.0165. The van der Waals surface area contributed by atoms with Crippen LogP contribution in [0.1, 0.15) is 37.8 Å². The van der Waals surface area contributed by atoms with Gasteiger partial charge in [0.05, 0.1) is 6.04 Å². The number of unbranched alkanes of at least 4 members (excludes halogenated alkanes) is 1. The van der Waals surface area contributed by atoms with Gasteiger partial charge in [-0.15, -0.1) is 11.6 Å². The summed E-state index contributed by atoms with van der Waals surface area (Å²) >= 11 is 11.5. The van der Waals surface area contributed by atoms with Crippen LogP contribution in [0.3, 0.4) is 0 Å². The second-order valence-electron chi connectivity index (χ2n) is 3.99. The zero-order chi connectivity index (χ0) is 12.7. The molecule has 0 heterocycles. The molecule has 0 spiro atoms. The molecule has 1 N–H and O–H groups in total. The Balaban J connectivity index is 2.43. The summed E-state index contributed by atoms with van der Waals surface area (Å²) in [6.07, 6.45) is 2.23. The highest BCUT2D eigenvalue weighted by atomic mass is 35.5.